The monoisotopic (exact) mass is 339 g/mol. The first kappa shape index (κ1) is 17.4. The third kappa shape index (κ3) is 5.88. The maximum absolute atomic E-state index is 3.92. The first-order chi connectivity index (χ1) is 12.3. The van der Waals surface area contributed by atoms with Crippen LogP contribution in [0.1, 0.15) is 16.7 Å². The van der Waals surface area contributed by atoms with Crippen molar-refractivity contribution < 1.29 is 0 Å². The second-order valence-electron chi connectivity index (χ2n) is 6.45. The highest BCUT2D eigenvalue weighted by Crippen LogP contribution is 2.20. The van der Waals surface area contributed by atoms with E-state index in [1.807, 2.05) is 0 Å². The first-order valence-corrected chi connectivity index (χ1v) is 9.40. The third-order valence-corrected chi connectivity index (χ3v) is 4.65. The molecule has 0 aliphatic rings. The van der Waals surface area contributed by atoms with Crippen molar-refractivity contribution in [3.8, 4) is 0 Å². The van der Waals surface area contributed by atoms with Gasteiger partial charge in [-0.05, 0) is 41.5 Å². The van der Waals surface area contributed by atoms with Crippen molar-refractivity contribution >= 4 is 10.2 Å². The molecule has 25 heavy (non-hydrogen) atoms. The van der Waals surface area contributed by atoms with Crippen molar-refractivity contribution in [3.05, 3.63) is 119 Å². The number of benzene rings is 3. The van der Waals surface area contributed by atoms with Gasteiger partial charge in [0.25, 0.3) is 0 Å². The average molecular weight is 340 g/mol. The fourth-order valence-electron chi connectivity index (χ4n) is 3.11. The molecule has 0 fully saturated rings. The highest BCUT2D eigenvalue weighted by Gasteiger charge is 2.06. The zero-order valence-electron chi connectivity index (χ0n) is 14.4. The Morgan fingerprint density at radius 3 is 1.48 bits per heavy atom. The molecule has 0 amide bonds. The SMILES string of the molecule is [Si]C(C=C(Cc1ccccc1)Cc1ccccc1)Cc1ccccc1. The molecule has 1 heteroatoms. The smallest absolute Gasteiger partial charge is 0.0327 e. The Morgan fingerprint density at radius 2 is 1.04 bits per heavy atom. The Balaban J connectivity index is 1.76. The van der Waals surface area contributed by atoms with Crippen molar-refractivity contribution in [3.63, 3.8) is 0 Å². The Bertz CT molecular complexity index is 733. The van der Waals surface area contributed by atoms with Crippen molar-refractivity contribution in [1.29, 1.82) is 0 Å². The van der Waals surface area contributed by atoms with E-state index in [2.05, 4.69) is 107 Å². The molecule has 3 rings (SSSR count). The van der Waals surface area contributed by atoms with E-state index in [0.29, 0.717) is 5.54 Å². The van der Waals surface area contributed by atoms with Gasteiger partial charge in [0.1, 0.15) is 0 Å². The summed E-state index contributed by atoms with van der Waals surface area (Å²) in [4.78, 5) is 0. The number of hydrogen-bond acceptors (Lipinski definition) is 0. The molecule has 0 aliphatic carbocycles. The Labute approximate surface area is 154 Å². The quantitative estimate of drug-likeness (QED) is 0.388. The van der Waals surface area contributed by atoms with E-state index in [1.165, 1.54) is 22.3 Å². The topological polar surface area (TPSA) is 0 Å². The Morgan fingerprint density at radius 1 is 0.640 bits per heavy atom. The van der Waals surface area contributed by atoms with Gasteiger partial charge in [0.2, 0.25) is 0 Å². The minimum atomic E-state index is 0.338. The lowest BCUT2D eigenvalue weighted by atomic mass is 9.96. The van der Waals surface area contributed by atoms with Gasteiger partial charge in [-0.25, -0.2) is 0 Å². The molecule has 0 bridgehead atoms. The lowest BCUT2D eigenvalue weighted by molar-refractivity contribution is 0.943. The maximum atomic E-state index is 3.92. The highest BCUT2D eigenvalue weighted by molar-refractivity contribution is 6.13. The van der Waals surface area contributed by atoms with Crippen LogP contribution in [0.2, 0.25) is 5.54 Å². The van der Waals surface area contributed by atoms with Gasteiger partial charge in [0.15, 0.2) is 0 Å². The molecule has 0 spiro atoms. The Hall–Kier alpha value is -2.38. The van der Waals surface area contributed by atoms with Crippen molar-refractivity contribution in [2.24, 2.45) is 0 Å². The van der Waals surface area contributed by atoms with Gasteiger partial charge < -0.3 is 0 Å². The minimum absolute atomic E-state index is 0.338. The van der Waals surface area contributed by atoms with Gasteiger partial charge in [0, 0.05) is 10.2 Å². The van der Waals surface area contributed by atoms with E-state index in [9.17, 15) is 0 Å². The second-order valence-corrected chi connectivity index (χ2v) is 7.19. The molecule has 0 saturated heterocycles. The predicted molar refractivity (Wildman–Crippen MR) is 108 cm³/mol. The van der Waals surface area contributed by atoms with Crippen LogP contribution in [0.4, 0.5) is 0 Å². The molecule has 0 aromatic heterocycles. The van der Waals surface area contributed by atoms with Crippen LogP contribution in [0, 0.1) is 0 Å². The molecule has 0 saturated carbocycles. The van der Waals surface area contributed by atoms with Gasteiger partial charge in [-0.3, -0.25) is 0 Å². The predicted octanol–water partition coefficient (Wildman–Crippen LogP) is 5.60. The summed E-state index contributed by atoms with van der Waals surface area (Å²) in [7, 11) is 3.92. The number of hydrogen-bond donors (Lipinski definition) is 0. The average Bonchev–Trinajstić information content (AvgIpc) is 2.64. The largest absolute Gasteiger partial charge is 0.0847 e. The minimum Gasteiger partial charge on any atom is -0.0847 e. The van der Waals surface area contributed by atoms with Crippen LogP contribution in [0.5, 0.6) is 0 Å². The summed E-state index contributed by atoms with van der Waals surface area (Å²) in [6.07, 6.45) is 5.38. The van der Waals surface area contributed by atoms with Crippen LogP contribution in [0.25, 0.3) is 0 Å². The molecule has 3 aromatic rings. The molecular weight excluding hydrogens is 316 g/mol. The van der Waals surface area contributed by atoms with Gasteiger partial charge in [0.05, 0.1) is 0 Å². The second kappa shape index (κ2) is 9.19. The summed E-state index contributed by atoms with van der Waals surface area (Å²) in [6.45, 7) is 0. The van der Waals surface area contributed by atoms with Gasteiger partial charge in [-0.15, -0.1) is 0 Å². The standard InChI is InChI=1S/C24H23Si/c25-24(18-22-14-8-3-9-15-22)19-23(16-20-10-4-1-5-11-20)17-21-12-6-2-7-13-21/h1-15,19,24H,16-18H2. The molecule has 0 N–H and O–H groups in total. The van der Waals surface area contributed by atoms with Crippen LogP contribution < -0.4 is 0 Å². The van der Waals surface area contributed by atoms with Crippen LogP contribution in [-0.2, 0) is 19.3 Å². The van der Waals surface area contributed by atoms with E-state index < -0.39 is 0 Å². The number of allylic oxidation sites excluding steroid dienone is 2. The summed E-state index contributed by atoms with van der Waals surface area (Å²) < 4.78 is 0. The van der Waals surface area contributed by atoms with Crippen LogP contribution in [0.3, 0.4) is 0 Å². The van der Waals surface area contributed by atoms with E-state index >= 15 is 0 Å². The first-order valence-electron chi connectivity index (χ1n) is 8.82. The lowest BCUT2D eigenvalue weighted by Gasteiger charge is -2.13. The van der Waals surface area contributed by atoms with Crippen molar-refractivity contribution in [2.45, 2.75) is 24.8 Å². The van der Waals surface area contributed by atoms with E-state index in [4.69, 9.17) is 0 Å². The summed E-state index contributed by atoms with van der Waals surface area (Å²) in [5.41, 5.74) is 5.88. The Kier molecular flexibility index (Phi) is 6.41. The molecule has 123 valence electrons. The fourth-order valence-corrected chi connectivity index (χ4v) is 3.58. The third-order valence-electron chi connectivity index (χ3n) is 4.28. The van der Waals surface area contributed by atoms with Crippen LogP contribution in [-0.4, -0.2) is 10.2 Å². The summed E-state index contributed by atoms with van der Waals surface area (Å²) >= 11 is 0. The zero-order chi connectivity index (χ0) is 17.3. The molecule has 0 nitrogen and oxygen atoms in total. The van der Waals surface area contributed by atoms with Gasteiger partial charge in [-0.2, -0.15) is 0 Å². The van der Waals surface area contributed by atoms with E-state index in [-0.39, 0.29) is 0 Å². The molecule has 3 aromatic carbocycles. The van der Waals surface area contributed by atoms with Crippen molar-refractivity contribution in [2.75, 3.05) is 0 Å². The zero-order valence-corrected chi connectivity index (χ0v) is 15.4. The molecular formula is C24H23Si. The normalized spacial score (nSPS) is 11.7. The molecule has 1 unspecified atom stereocenters. The summed E-state index contributed by atoms with van der Waals surface area (Å²) in [5, 5.41) is 0. The summed E-state index contributed by atoms with van der Waals surface area (Å²) in [6, 6.07) is 32.1. The van der Waals surface area contributed by atoms with Crippen molar-refractivity contribution in [1.82, 2.24) is 0 Å². The highest BCUT2D eigenvalue weighted by atomic mass is 28.1. The van der Waals surface area contributed by atoms with Crippen LogP contribution >= 0.6 is 0 Å². The van der Waals surface area contributed by atoms with Crippen LogP contribution in [0.15, 0.2) is 103 Å². The van der Waals surface area contributed by atoms with E-state index in [0.717, 1.165) is 19.3 Å². The molecule has 0 aliphatic heterocycles. The summed E-state index contributed by atoms with van der Waals surface area (Å²) in [5.74, 6) is 0. The molecule has 3 radical (unpaired) electrons. The number of rotatable bonds is 7. The van der Waals surface area contributed by atoms with Gasteiger partial charge >= 0.3 is 0 Å². The fraction of sp³-hybridized carbons (Fsp3) is 0.167. The maximum Gasteiger partial charge on any atom is 0.0327 e. The van der Waals surface area contributed by atoms with E-state index in [1.54, 1.807) is 0 Å². The lowest BCUT2D eigenvalue weighted by Crippen LogP contribution is -2.01. The van der Waals surface area contributed by atoms with Gasteiger partial charge in [-0.1, -0.05) is 103 Å². The molecule has 0 heterocycles. The molecule has 1 atom stereocenters.